The molecular weight excluding hydrogens is 376 g/mol. The number of benzene rings is 3. The fourth-order valence-corrected chi connectivity index (χ4v) is 4.03. The van der Waals surface area contributed by atoms with Crippen LogP contribution >= 0.6 is 0 Å². The predicted molar refractivity (Wildman–Crippen MR) is 118 cm³/mol. The van der Waals surface area contributed by atoms with E-state index in [9.17, 15) is 14.7 Å². The SMILES string of the molecule is Cc1cccc([C@@]2(O)C(=O)N(CC(=O)Nc3ccc(C)cc3C)c3ccccc32)c1. The minimum atomic E-state index is -1.82. The molecule has 1 atom stereocenters. The summed E-state index contributed by atoms with van der Waals surface area (Å²) < 4.78 is 0. The maximum absolute atomic E-state index is 13.4. The Kier molecular flexibility index (Phi) is 4.92. The predicted octanol–water partition coefficient (Wildman–Crippen LogP) is 3.83. The van der Waals surface area contributed by atoms with E-state index in [-0.39, 0.29) is 12.5 Å². The van der Waals surface area contributed by atoms with Crippen molar-refractivity contribution >= 4 is 23.2 Å². The molecule has 5 nitrogen and oxygen atoms in total. The van der Waals surface area contributed by atoms with Crippen LogP contribution in [0.25, 0.3) is 0 Å². The van der Waals surface area contributed by atoms with Crippen molar-refractivity contribution < 1.29 is 14.7 Å². The monoisotopic (exact) mass is 400 g/mol. The quantitative estimate of drug-likeness (QED) is 0.699. The lowest BCUT2D eigenvalue weighted by Gasteiger charge is -2.24. The van der Waals surface area contributed by atoms with E-state index in [1.165, 1.54) is 4.90 Å². The van der Waals surface area contributed by atoms with Gasteiger partial charge < -0.3 is 10.4 Å². The highest BCUT2D eigenvalue weighted by atomic mass is 16.3. The zero-order chi connectivity index (χ0) is 21.5. The fourth-order valence-electron chi connectivity index (χ4n) is 4.03. The molecule has 0 fully saturated rings. The molecule has 0 aliphatic carbocycles. The lowest BCUT2D eigenvalue weighted by molar-refractivity contribution is -0.133. The van der Waals surface area contributed by atoms with Gasteiger partial charge in [0.25, 0.3) is 5.91 Å². The minimum absolute atomic E-state index is 0.183. The number of anilines is 2. The van der Waals surface area contributed by atoms with Crippen LogP contribution < -0.4 is 10.2 Å². The molecule has 1 aliphatic heterocycles. The van der Waals surface area contributed by atoms with Crippen LogP contribution in [0.5, 0.6) is 0 Å². The number of nitrogens with zero attached hydrogens (tertiary/aromatic N) is 1. The third-order valence-corrected chi connectivity index (χ3v) is 5.53. The summed E-state index contributed by atoms with van der Waals surface area (Å²) in [4.78, 5) is 27.5. The Labute approximate surface area is 176 Å². The largest absolute Gasteiger partial charge is 0.372 e. The number of amides is 2. The molecule has 0 unspecified atom stereocenters. The van der Waals surface area contributed by atoms with Crippen molar-refractivity contribution in [3.8, 4) is 0 Å². The summed E-state index contributed by atoms with van der Waals surface area (Å²) in [6.45, 7) is 5.64. The van der Waals surface area contributed by atoms with Crippen molar-refractivity contribution in [2.45, 2.75) is 26.4 Å². The summed E-state index contributed by atoms with van der Waals surface area (Å²) in [6, 6.07) is 20.1. The molecule has 152 valence electrons. The third kappa shape index (κ3) is 3.27. The first-order valence-corrected chi connectivity index (χ1v) is 9.89. The Morgan fingerprint density at radius 3 is 2.43 bits per heavy atom. The first-order chi connectivity index (χ1) is 14.3. The van der Waals surface area contributed by atoms with Crippen LogP contribution in [0.15, 0.2) is 66.7 Å². The zero-order valence-electron chi connectivity index (χ0n) is 17.3. The Morgan fingerprint density at radius 2 is 1.70 bits per heavy atom. The molecule has 0 saturated heterocycles. The number of hydrogen-bond acceptors (Lipinski definition) is 3. The molecule has 3 aromatic carbocycles. The van der Waals surface area contributed by atoms with Gasteiger partial charge in [-0.25, -0.2) is 0 Å². The molecule has 0 spiro atoms. The molecule has 1 aliphatic rings. The van der Waals surface area contributed by atoms with Crippen LogP contribution in [0.1, 0.15) is 27.8 Å². The van der Waals surface area contributed by atoms with Crippen molar-refractivity contribution in [2.75, 3.05) is 16.8 Å². The summed E-state index contributed by atoms with van der Waals surface area (Å²) >= 11 is 0. The highest BCUT2D eigenvalue weighted by Crippen LogP contribution is 2.44. The second-order valence-corrected chi connectivity index (χ2v) is 7.85. The Bertz CT molecular complexity index is 1150. The minimum Gasteiger partial charge on any atom is -0.372 e. The summed E-state index contributed by atoms with van der Waals surface area (Å²) in [7, 11) is 0. The normalized spacial score (nSPS) is 17.7. The molecule has 5 heteroatoms. The number of carbonyl (C=O) groups is 2. The molecule has 30 heavy (non-hydrogen) atoms. The van der Waals surface area contributed by atoms with Crippen LogP contribution in [0, 0.1) is 20.8 Å². The first kappa shape index (κ1) is 19.9. The number of rotatable bonds is 4. The van der Waals surface area contributed by atoms with Crippen LogP contribution in [0.2, 0.25) is 0 Å². The molecule has 0 bridgehead atoms. The van der Waals surface area contributed by atoms with E-state index >= 15 is 0 Å². The van der Waals surface area contributed by atoms with Crippen molar-refractivity contribution in [1.29, 1.82) is 0 Å². The molecule has 0 saturated carbocycles. The summed E-state index contributed by atoms with van der Waals surface area (Å²) in [5.41, 5.74) is 3.42. The van der Waals surface area contributed by atoms with Gasteiger partial charge in [-0.15, -0.1) is 0 Å². The van der Waals surface area contributed by atoms with E-state index < -0.39 is 11.5 Å². The van der Waals surface area contributed by atoms with E-state index in [2.05, 4.69) is 5.32 Å². The molecule has 2 amide bonds. The van der Waals surface area contributed by atoms with Gasteiger partial charge >= 0.3 is 0 Å². The van der Waals surface area contributed by atoms with Crippen LogP contribution in [-0.4, -0.2) is 23.5 Å². The highest BCUT2D eigenvalue weighted by molar-refractivity contribution is 6.12. The molecule has 3 aromatic rings. The van der Waals surface area contributed by atoms with Gasteiger partial charge in [0.2, 0.25) is 5.91 Å². The molecular formula is C25H24N2O3. The lowest BCUT2D eigenvalue weighted by atomic mass is 9.87. The second-order valence-electron chi connectivity index (χ2n) is 7.85. The summed E-state index contributed by atoms with van der Waals surface area (Å²) in [5, 5.41) is 14.4. The maximum atomic E-state index is 13.4. The summed E-state index contributed by atoms with van der Waals surface area (Å²) in [5.74, 6) is -0.844. The molecule has 1 heterocycles. The number of nitrogens with one attached hydrogen (secondary N) is 1. The topological polar surface area (TPSA) is 69.6 Å². The van der Waals surface area contributed by atoms with Gasteiger partial charge in [0, 0.05) is 11.3 Å². The van der Waals surface area contributed by atoms with Crippen molar-refractivity contribution in [3.63, 3.8) is 0 Å². The standard InChI is InChI=1S/C25H24N2O3/c1-16-7-6-8-19(14-16)25(30)20-9-4-5-10-22(20)27(24(25)29)15-23(28)26-21-12-11-17(2)13-18(21)3/h4-14,30H,15H2,1-3H3,(H,26,28)/t25-/m0/s1. The molecule has 0 aromatic heterocycles. The van der Waals surface area contributed by atoms with Gasteiger partial charge in [0.1, 0.15) is 6.54 Å². The number of hydrogen-bond donors (Lipinski definition) is 2. The second kappa shape index (κ2) is 7.43. The third-order valence-electron chi connectivity index (χ3n) is 5.53. The lowest BCUT2D eigenvalue weighted by Crippen LogP contribution is -2.44. The van der Waals surface area contributed by atoms with Gasteiger partial charge in [-0.05, 0) is 44.0 Å². The van der Waals surface area contributed by atoms with Crippen molar-refractivity contribution in [1.82, 2.24) is 0 Å². The number of para-hydroxylation sites is 1. The Balaban J connectivity index is 1.66. The fraction of sp³-hybridized carbons (Fsp3) is 0.200. The number of carbonyl (C=O) groups excluding carboxylic acids is 2. The number of aliphatic hydroxyl groups is 1. The highest BCUT2D eigenvalue weighted by Gasteiger charge is 2.51. The number of aryl methyl sites for hydroxylation is 3. The van der Waals surface area contributed by atoms with E-state index in [1.54, 1.807) is 36.4 Å². The van der Waals surface area contributed by atoms with E-state index in [1.807, 2.05) is 51.1 Å². The maximum Gasteiger partial charge on any atom is 0.268 e. The molecule has 4 rings (SSSR count). The average molecular weight is 400 g/mol. The average Bonchev–Trinajstić information content (AvgIpc) is 2.93. The van der Waals surface area contributed by atoms with Gasteiger partial charge in [0.15, 0.2) is 5.60 Å². The van der Waals surface area contributed by atoms with Crippen LogP contribution in [0.4, 0.5) is 11.4 Å². The van der Waals surface area contributed by atoms with E-state index in [0.29, 0.717) is 22.5 Å². The van der Waals surface area contributed by atoms with Crippen molar-refractivity contribution in [2.24, 2.45) is 0 Å². The van der Waals surface area contributed by atoms with E-state index in [0.717, 1.165) is 16.7 Å². The van der Waals surface area contributed by atoms with Crippen LogP contribution in [0.3, 0.4) is 0 Å². The van der Waals surface area contributed by atoms with E-state index in [4.69, 9.17) is 0 Å². The van der Waals surface area contributed by atoms with Gasteiger partial charge in [-0.2, -0.15) is 0 Å². The smallest absolute Gasteiger partial charge is 0.268 e. The van der Waals surface area contributed by atoms with Crippen molar-refractivity contribution in [3.05, 3.63) is 94.5 Å². The zero-order valence-corrected chi connectivity index (χ0v) is 17.3. The van der Waals surface area contributed by atoms with Gasteiger partial charge in [-0.3, -0.25) is 14.5 Å². The first-order valence-electron chi connectivity index (χ1n) is 9.89. The molecule has 2 N–H and O–H groups in total. The van der Waals surface area contributed by atoms with Gasteiger partial charge in [0.05, 0.1) is 5.69 Å². The van der Waals surface area contributed by atoms with Gasteiger partial charge in [-0.1, -0.05) is 65.7 Å². The number of fused-ring (bicyclic) bond motifs is 1. The Morgan fingerprint density at radius 1 is 0.967 bits per heavy atom. The summed E-state index contributed by atoms with van der Waals surface area (Å²) in [6.07, 6.45) is 0. The molecule has 0 radical (unpaired) electrons. The van der Waals surface area contributed by atoms with Crippen LogP contribution in [-0.2, 0) is 15.2 Å². The Hall–Kier alpha value is -3.44.